The van der Waals surface area contributed by atoms with Gasteiger partial charge in [0.25, 0.3) is 0 Å². The minimum atomic E-state index is -0.386. The summed E-state index contributed by atoms with van der Waals surface area (Å²) in [6, 6.07) is 4.07. The number of hydrogen-bond donors (Lipinski definition) is 1. The Morgan fingerprint density at radius 3 is 2.87 bits per heavy atom. The molecule has 0 aliphatic rings. The highest BCUT2D eigenvalue weighted by atomic mass is 35.5. The molecule has 1 N–H and O–H groups in total. The van der Waals surface area contributed by atoms with E-state index in [0.29, 0.717) is 17.1 Å². The molecule has 1 aromatic carbocycles. The van der Waals surface area contributed by atoms with Crippen molar-refractivity contribution in [1.82, 2.24) is 5.32 Å². The van der Waals surface area contributed by atoms with Gasteiger partial charge in [0.05, 0.1) is 6.54 Å². The van der Waals surface area contributed by atoms with E-state index in [2.05, 4.69) is 5.32 Å². The zero-order valence-corrected chi connectivity index (χ0v) is 9.27. The first-order valence-electron chi connectivity index (χ1n) is 4.79. The molecule has 1 aromatic rings. The minimum Gasteiger partial charge on any atom is -0.310 e. The molecule has 0 aliphatic heterocycles. The minimum absolute atomic E-state index is 0.0466. The molecule has 0 saturated carbocycles. The van der Waals surface area contributed by atoms with Crippen molar-refractivity contribution in [3.63, 3.8) is 0 Å². The van der Waals surface area contributed by atoms with Gasteiger partial charge in [-0.2, -0.15) is 0 Å². The number of nitrogens with one attached hydrogen (secondary N) is 1. The molecule has 0 atom stereocenters. The van der Waals surface area contributed by atoms with Crippen LogP contribution in [-0.4, -0.2) is 18.9 Å². The molecule has 0 fully saturated rings. The summed E-state index contributed by atoms with van der Waals surface area (Å²) in [7, 11) is 0. The standard InChI is InChI=1S/C11H13ClFNO/c1-2-14-7-10(15)5-8-3-4-9(13)6-11(8)12/h3-4,6,14H,2,5,7H2,1H3. The van der Waals surface area contributed by atoms with Gasteiger partial charge in [-0.25, -0.2) is 4.39 Å². The number of ketones is 1. The Hall–Kier alpha value is -0.930. The summed E-state index contributed by atoms with van der Waals surface area (Å²) in [6.45, 7) is 3.01. The third-order valence-electron chi connectivity index (χ3n) is 1.97. The molecule has 0 spiro atoms. The van der Waals surface area contributed by atoms with Gasteiger partial charge in [-0.3, -0.25) is 4.79 Å². The lowest BCUT2D eigenvalue weighted by Crippen LogP contribution is -2.23. The van der Waals surface area contributed by atoms with Crippen LogP contribution in [0.4, 0.5) is 4.39 Å². The SMILES string of the molecule is CCNCC(=O)Cc1ccc(F)cc1Cl. The Kier molecular flexibility index (Phi) is 4.72. The first-order valence-corrected chi connectivity index (χ1v) is 5.17. The van der Waals surface area contributed by atoms with E-state index in [1.165, 1.54) is 12.1 Å². The molecule has 0 amide bonds. The number of carbonyl (C=O) groups excluding carboxylic acids is 1. The van der Waals surface area contributed by atoms with Crippen LogP contribution in [0.15, 0.2) is 18.2 Å². The first-order chi connectivity index (χ1) is 7.13. The molecule has 4 heteroatoms. The van der Waals surface area contributed by atoms with Crippen LogP contribution < -0.4 is 5.32 Å². The van der Waals surface area contributed by atoms with Gasteiger partial charge in [0, 0.05) is 11.4 Å². The molecule has 2 nitrogen and oxygen atoms in total. The Bertz CT molecular complexity index is 354. The van der Waals surface area contributed by atoms with Crippen molar-refractivity contribution in [2.75, 3.05) is 13.1 Å². The predicted molar refractivity (Wildman–Crippen MR) is 58.7 cm³/mol. The number of rotatable bonds is 5. The number of carbonyl (C=O) groups is 1. The lowest BCUT2D eigenvalue weighted by Gasteiger charge is -2.04. The maximum Gasteiger partial charge on any atom is 0.151 e. The predicted octanol–water partition coefficient (Wildman–Crippen LogP) is 2.20. The normalized spacial score (nSPS) is 10.3. The van der Waals surface area contributed by atoms with Crippen LogP contribution in [0.1, 0.15) is 12.5 Å². The van der Waals surface area contributed by atoms with Crippen molar-refractivity contribution < 1.29 is 9.18 Å². The third-order valence-corrected chi connectivity index (χ3v) is 2.33. The Morgan fingerprint density at radius 2 is 2.27 bits per heavy atom. The van der Waals surface area contributed by atoms with Crippen molar-refractivity contribution >= 4 is 17.4 Å². The molecule has 1 rings (SSSR count). The average Bonchev–Trinajstić information content (AvgIpc) is 2.19. The number of hydrogen-bond acceptors (Lipinski definition) is 2. The number of halogens is 2. The second kappa shape index (κ2) is 5.83. The summed E-state index contributed by atoms with van der Waals surface area (Å²) >= 11 is 5.80. The van der Waals surface area contributed by atoms with Crippen LogP contribution in [-0.2, 0) is 11.2 Å². The van der Waals surface area contributed by atoms with Gasteiger partial charge in [-0.05, 0) is 24.2 Å². The quantitative estimate of drug-likeness (QED) is 0.839. The van der Waals surface area contributed by atoms with Crippen LogP contribution in [0.5, 0.6) is 0 Å². The molecule has 0 radical (unpaired) electrons. The van der Waals surface area contributed by atoms with Crippen LogP contribution in [0.2, 0.25) is 5.02 Å². The number of Topliss-reactive ketones (excluding diaryl/α,β-unsaturated/α-hetero) is 1. The van der Waals surface area contributed by atoms with Gasteiger partial charge in [-0.1, -0.05) is 24.6 Å². The lowest BCUT2D eigenvalue weighted by molar-refractivity contribution is -0.117. The summed E-state index contributed by atoms with van der Waals surface area (Å²) in [6.07, 6.45) is 0.242. The highest BCUT2D eigenvalue weighted by Crippen LogP contribution is 2.17. The molecular weight excluding hydrogens is 217 g/mol. The second-order valence-electron chi connectivity index (χ2n) is 3.23. The van der Waals surface area contributed by atoms with Crippen molar-refractivity contribution in [1.29, 1.82) is 0 Å². The van der Waals surface area contributed by atoms with E-state index >= 15 is 0 Å². The molecule has 0 saturated heterocycles. The highest BCUT2D eigenvalue weighted by Gasteiger charge is 2.07. The van der Waals surface area contributed by atoms with E-state index < -0.39 is 0 Å². The van der Waals surface area contributed by atoms with Gasteiger partial charge >= 0.3 is 0 Å². The van der Waals surface area contributed by atoms with Crippen LogP contribution in [0, 0.1) is 5.82 Å². The van der Waals surface area contributed by atoms with E-state index in [0.717, 1.165) is 6.54 Å². The molecule has 0 bridgehead atoms. The number of likely N-dealkylation sites (N-methyl/N-ethyl adjacent to an activating group) is 1. The van der Waals surface area contributed by atoms with E-state index in [-0.39, 0.29) is 18.0 Å². The fourth-order valence-electron chi connectivity index (χ4n) is 1.20. The van der Waals surface area contributed by atoms with E-state index in [1.807, 2.05) is 6.92 Å². The lowest BCUT2D eigenvalue weighted by atomic mass is 10.1. The maximum atomic E-state index is 12.7. The van der Waals surface area contributed by atoms with E-state index in [4.69, 9.17) is 11.6 Å². The fraction of sp³-hybridized carbons (Fsp3) is 0.364. The summed E-state index contributed by atoms with van der Waals surface area (Å²) in [4.78, 5) is 11.4. The van der Waals surface area contributed by atoms with Crippen molar-refractivity contribution in [2.24, 2.45) is 0 Å². The monoisotopic (exact) mass is 229 g/mol. The topological polar surface area (TPSA) is 29.1 Å². The van der Waals surface area contributed by atoms with Gasteiger partial charge in [0.15, 0.2) is 5.78 Å². The fourth-order valence-corrected chi connectivity index (χ4v) is 1.44. The van der Waals surface area contributed by atoms with Gasteiger partial charge in [0.2, 0.25) is 0 Å². The van der Waals surface area contributed by atoms with Gasteiger partial charge < -0.3 is 5.32 Å². The summed E-state index contributed by atoms with van der Waals surface area (Å²) in [5.74, 6) is -0.340. The number of benzene rings is 1. The van der Waals surface area contributed by atoms with Crippen molar-refractivity contribution in [3.05, 3.63) is 34.6 Å². The molecule has 0 aromatic heterocycles. The molecule has 15 heavy (non-hydrogen) atoms. The largest absolute Gasteiger partial charge is 0.310 e. The Morgan fingerprint density at radius 1 is 1.53 bits per heavy atom. The summed E-state index contributed by atoms with van der Waals surface area (Å²) in [5, 5.41) is 3.24. The van der Waals surface area contributed by atoms with Crippen LogP contribution in [0.3, 0.4) is 0 Å². The summed E-state index contributed by atoms with van der Waals surface area (Å²) < 4.78 is 12.7. The average molecular weight is 230 g/mol. The zero-order valence-electron chi connectivity index (χ0n) is 8.52. The highest BCUT2D eigenvalue weighted by molar-refractivity contribution is 6.31. The van der Waals surface area contributed by atoms with Crippen LogP contribution in [0.25, 0.3) is 0 Å². The van der Waals surface area contributed by atoms with E-state index in [9.17, 15) is 9.18 Å². The zero-order chi connectivity index (χ0) is 11.3. The molecular formula is C11H13ClFNO. The summed E-state index contributed by atoms with van der Waals surface area (Å²) in [5.41, 5.74) is 0.668. The molecule has 0 aliphatic carbocycles. The molecule has 0 unspecified atom stereocenters. The van der Waals surface area contributed by atoms with Gasteiger partial charge in [0.1, 0.15) is 5.82 Å². The molecule has 82 valence electrons. The maximum absolute atomic E-state index is 12.7. The smallest absolute Gasteiger partial charge is 0.151 e. The van der Waals surface area contributed by atoms with Crippen molar-refractivity contribution in [2.45, 2.75) is 13.3 Å². The van der Waals surface area contributed by atoms with Crippen LogP contribution >= 0.6 is 11.6 Å². The molecule has 0 heterocycles. The first kappa shape index (κ1) is 12.1. The van der Waals surface area contributed by atoms with Gasteiger partial charge in [-0.15, -0.1) is 0 Å². The Labute approximate surface area is 93.4 Å². The van der Waals surface area contributed by atoms with Crippen molar-refractivity contribution in [3.8, 4) is 0 Å². The second-order valence-corrected chi connectivity index (χ2v) is 3.64. The van der Waals surface area contributed by atoms with E-state index in [1.54, 1.807) is 6.07 Å². The Balaban J connectivity index is 2.60. The third kappa shape index (κ3) is 3.98.